The Morgan fingerprint density at radius 1 is 1.16 bits per heavy atom. The quantitative estimate of drug-likeness (QED) is 0.718. The third-order valence-corrected chi connectivity index (χ3v) is 5.47. The van der Waals surface area contributed by atoms with E-state index in [-0.39, 0.29) is 17.7 Å². The summed E-state index contributed by atoms with van der Waals surface area (Å²) in [7, 11) is 0. The molecule has 5 heteroatoms. The van der Waals surface area contributed by atoms with Gasteiger partial charge in [-0.3, -0.25) is 0 Å². The Kier molecular flexibility index (Phi) is 4.42. The van der Waals surface area contributed by atoms with E-state index in [1.165, 1.54) is 6.07 Å². The molecule has 0 radical (unpaired) electrons. The standard InChI is InChI=1S/C20H17FN2OS/c21-15-5-2-6-16(10-15)25-18-11-23-20-19(18)17(7-8-22-20)14-4-1-3-13(9-14)12-24/h1-10,18,24H,11-12H2,(H,22,23). The first kappa shape index (κ1) is 16.1. The lowest BCUT2D eigenvalue weighted by molar-refractivity contribution is 0.282. The van der Waals surface area contributed by atoms with Gasteiger partial charge in [0.1, 0.15) is 11.6 Å². The topological polar surface area (TPSA) is 45.2 Å². The monoisotopic (exact) mass is 352 g/mol. The minimum absolute atomic E-state index is 0.0147. The van der Waals surface area contributed by atoms with Crippen molar-refractivity contribution in [2.75, 3.05) is 11.9 Å². The molecule has 25 heavy (non-hydrogen) atoms. The van der Waals surface area contributed by atoms with Crippen LogP contribution in [-0.4, -0.2) is 16.6 Å². The number of nitrogens with one attached hydrogen (secondary N) is 1. The van der Waals surface area contributed by atoms with Gasteiger partial charge in [0, 0.05) is 23.2 Å². The van der Waals surface area contributed by atoms with Crippen LogP contribution in [0.3, 0.4) is 0 Å². The van der Waals surface area contributed by atoms with Crippen molar-refractivity contribution in [2.45, 2.75) is 16.8 Å². The molecule has 0 spiro atoms. The summed E-state index contributed by atoms with van der Waals surface area (Å²) in [5.74, 6) is 0.652. The van der Waals surface area contributed by atoms with Gasteiger partial charge in [0.15, 0.2) is 0 Å². The molecule has 0 aliphatic carbocycles. The van der Waals surface area contributed by atoms with Gasteiger partial charge in [-0.1, -0.05) is 24.3 Å². The van der Waals surface area contributed by atoms with Crippen LogP contribution < -0.4 is 5.32 Å². The maximum Gasteiger partial charge on any atom is 0.131 e. The molecule has 3 nitrogen and oxygen atoms in total. The zero-order chi connectivity index (χ0) is 17.2. The third-order valence-electron chi connectivity index (χ3n) is 4.26. The normalized spacial score (nSPS) is 15.7. The van der Waals surface area contributed by atoms with E-state index in [9.17, 15) is 9.50 Å². The van der Waals surface area contributed by atoms with Crippen LogP contribution in [0.5, 0.6) is 0 Å². The molecule has 0 saturated carbocycles. The van der Waals surface area contributed by atoms with E-state index in [4.69, 9.17) is 0 Å². The molecule has 2 heterocycles. The highest BCUT2D eigenvalue weighted by Gasteiger charge is 2.27. The number of pyridine rings is 1. The van der Waals surface area contributed by atoms with Crippen molar-refractivity contribution in [1.82, 2.24) is 4.98 Å². The number of hydrogen-bond donors (Lipinski definition) is 2. The molecule has 1 aliphatic heterocycles. The van der Waals surface area contributed by atoms with Crippen molar-refractivity contribution in [3.05, 3.63) is 77.7 Å². The van der Waals surface area contributed by atoms with E-state index >= 15 is 0 Å². The van der Waals surface area contributed by atoms with Crippen molar-refractivity contribution in [2.24, 2.45) is 0 Å². The van der Waals surface area contributed by atoms with E-state index in [1.54, 1.807) is 30.1 Å². The fourth-order valence-electron chi connectivity index (χ4n) is 3.13. The van der Waals surface area contributed by atoms with Crippen molar-refractivity contribution in [3.8, 4) is 11.1 Å². The number of aliphatic hydroxyl groups is 1. The average molecular weight is 352 g/mol. The fraction of sp³-hybridized carbons (Fsp3) is 0.150. The molecular formula is C20H17FN2OS. The molecule has 0 saturated heterocycles. The van der Waals surface area contributed by atoms with Crippen molar-refractivity contribution in [3.63, 3.8) is 0 Å². The lowest BCUT2D eigenvalue weighted by atomic mass is 9.98. The Bertz CT molecular complexity index is 916. The second kappa shape index (κ2) is 6.86. The summed E-state index contributed by atoms with van der Waals surface area (Å²) in [6.07, 6.45) is 1.79. The van der Waals surface area contributed by atoms with Gasteiger partial charge in [0.05, 0.1) is 11.9 Å². The SMILES string of the molecule is OCc1cccc(-c2ccnc3c2C(Sc2cccc(F)c2)CN3)c1. The number of aromatic nitrogens is 1. The first-order valence-corrected chi connectivity index (χ1v) is 8.98. The number of nitrogens with zero attached hydrogens (tertiary/aromatic N) is 1. The molecule has 4 rings (SSSR count). The van der Waals surface area contributed by atoms with Gasteiger partial charge in [-0.15, -0.1) is 11.8 Å². The summed E-state index contributed by atoms with van der Waals surface area (Å²) in [6, 6.07) is 16.6. The number of rotatable bonds is 4. The van der Waals surface area contributed by atoms with Gasteiger partial charge in [0.25, 0.3) is 0 Å². The number of thioether (sulfide) groups is 1. The number of anilines is 1. The summed E-state index contributed by atoms with van der Waals surface area (Å²) >= 11 is 1.63. The molecule has 0 amide bonds. The highest BCUT2D eigenvalue weighted by Crippen LogP contribution is 2.46. The molecule has 1 unspecified atom stereocenters. The van der Waals surface area contributed by atoms with Crippen molar-refractivity contribution in [1.29, 1.82) is 0 Å². The highest BCUT2D eigenvalue weighted by atomic mass is 32.2. The second-order valence-electron chi connectivity index (χ2n) is 5.92. The van der Waals surface area contributed by atoms with Crippen LogP contribution >= 0.6 is 11.8 Å². The summed E-state index contributed by atoms with van der Waals surface area (Å²) in [5, 5.41) is 12.9. The van der Waals surface area contributed by atoms with Crippen LogP contribution in [0.4, 0.5) is 10.2 Å². The Hall–Kier alpha value is -2.37. The minimum atomic E-state index is -0.224. The van der Waals surface area contributed by atoms with E-state index < -0.39 is 0 Å². The average Bonchev–Trinajstić information content (AvgIpc) is 3.05. The molecule has 0 fully saturated rings. The number of halogens is 1. The number of benzene rings is 2. The largest absolute Gasteiger partial charge is 0.392 e. The highest BCUT2D eigenvalue weighted by molar-refractivity contribution is 7.99. The maximum absolute atomic E-state index is 13.5. The van der Waals surface area contributed by atoms with E-state index in [2.05, 4.69) is 10.3 Å². The van der Waals surface area contributed by atoms with Gasteiger partial charge in [0.2, 0.25) is 0 Å². The molecule has 1 aliphatic rings. The van der Waals surface area contributed by atoms with Gasteiger partial charge in [-0.25, -0.2) is 9.37 Å². The third kappa shape index (κ3) is 3.25. The molecule has 2 aromatic carbocycles. The predicted molar refractivity (Wildman–Crippen MR) is 99.1 cm³/mol. The van der Waals surface area contributed by atoms with E-state index in [1.807, 2.05) is 36.4 Å². The van der Waals surface area contributed by atoms with Gasteiger partial charge < -0.3 is 10.4 Å². The molecule has 126 valence electrons. The zero-order valence-corrected chi connectivity index (χ0v) is 14.3. The van der Waals surface area contributed by atoms with Crippen LogP contribution in [0.1, 0.15) is 16.4 Å². The van der Waals surface area contributed by atoms with Crippen LogP contribution in [0, 0.1) is 5.82 Å². The number of hydrogen-bond acceptors (Lipinski definition) is 4. The number of fused-ring (bicyclic) bond motifs is 1. The minimum Gasteiger partial charge on any atom is -0.392 e. The van der Waals surface area contributed by atoms with E-state index in [0.717, 1.165) is 39.5 Å². The van der Waals surface area contributed by atoms with Crippen LogP contribution in [0.25, 0.3) is 11.1 Å². The van der Waals surface area contributed by atoms with Crippen molar-refractivity contribution >= 4 is 17.6 Å². The van der Waals surface area contributed by atoms with Crippen LogP contribution in [0.15, 0.2) is 65.7 Å². The van der Waals surface area contributed by atoms with Crippen LogP contribution in [-0.2, 0) is 6.61 Å². The summed E-state index contributed by atoms with van der Waals surface area (Å²) < 4.78 is 13.5. The second-order valence-corrected chi connectivity index (χ2v) is 7.20. The lowest BCUT2D eigenvalue weighted by Crippen LogP contribution is -1.98. The van der Waals surface area contributed by atoms with Crippen LogP contribution in [0.2, 0.25) is 0 Å². The summed E-state index contributed by atoms with van der Waals surface area (Å²) in [6.45, 7) is 0.765. The molecule has 1 atom stereocenters. The van der Waals surface area contributed by atoms with Gasteiger partial charge in [-0.2, -0.15) is 0 Å². The first-order valence-electron chi connectivity index (χ1n) is 8.10. The Balaban J connectivity index is 1.73. The molecule has 1 aromatic heterocycles. The Labute approximate surface area is 149 Å². The first-order chi connectivity index (χ1) is 12.2. The molecule has 2 N–H and O–H groups in total. The van der Waals surface area contributed by atoms with Gasteiger partial charge in [-0.05, 0) is 47.0 Å². The Morgan fingerprint density at radius 2 is 2.04 bits per heavy atom. The lowest BCUT2D eigenvalue weighted by Gasteiger charge is -2.15. The molecule has 0 bridgehead atoms. The van der Waals surface area contributed by atoms with E-state index in [0.29, 0.717) is 0 Å². The maximum atomic E-state index is 13.5. The molecular weight excluding hydrogens is 335 g/mol. The predicted octanol–water partition coefficient (Wildman–Crippen LogP) is 4.64. The summed E-state index contributed by atoms with van der Waals surface area (Å²) in [4.78, 5) is 5.35. The summed E-state index contributed by atoms with van der Waals surface area (Å²) in [5.41, 5.74) is 4.16. The molecule has 3 aromatic rings. The zero-order valence-electron chi connectivity index (χ0n) is 13.4. The number of aliphatic hydroxyl groups excluding tert-OH is 1. The Morgan fingerprint density at radius 3 is 2.88 bits per heavy atom. The van der Waals surface area contributed by atoms with Gasteiger partial charge >= 0.3 is 0 Å². The van der Waals surface area contributed by atoms with Crippen molar-refractivity contribution < 1.29 is 9.50 Å². The smallest absolute Gasteiger partial charge is 0.131 e. The fourth-order valence-corrected chi connectivity index (χ4v) is 4.31.